The molecule has 1 unspecified atom stereocenters. The zero-order chi connectivity index (χ0) is 10.4. The molecule has 0 aliphatic rings. The van der Waals surface area contributed by atoms with E-state index in [4.69, 9.17) is 0 Å². The van der Waals surface area contributed by atoms with Gasteiger partial charge in [0.25, 0.3) is 0 Å². The predicted octanol–water partition coefficient (Wildman–Crippen LogP) is 1.58. The summed E-state index contributed by atoms with van der Waals surface area (Å²) >= 11 is 0. The first-order chi connectivity index (χ1) is 6.77. The van der Waals surface area contributed by atoms with Gasteiger partial charge in [0.2, 0.25) is 0 Å². The first-order valence-electron chi connectivity index (χ1n) is 5.38. The lowest BCUT2D eigenvalue weighted by atomic mass is 10.2. The lowest BCUT2D eigenvalue weighted by Crippen LogP contribution is -2.26. The minimum absolute atomic E-state index is 0.557. The summed E-state index contributed by atoms with van der Waals surface area (Å²) in [5, 5.41) is 11.4. The van der Waals surface area contributed by atoms with Gasteiger partial charge in [-0.05, 0) is 20.3 Å². The second kappa shape index (κ2) is 5.75. The summed E-state index contributed by atoms with van der Waals surface area (Å²) in [5.74, 6) is 1.02. The number of rotatable bonds is 6. The van der Waals surface area contributed by atoms with Crippen LogP contribution in [0.1, 0.15) is 39.4 Å². The van der Waals surface area contributed by atoms with Crippen LogP contribution < -0.4 is 5.32 Å². The van der Waals surface area contributed by atoms with Crippen molar-refractivity contribution >= 4 is 0 Å². The smallest absolute Gasteiger partial charge is 0.146 e. The van der Waals surface area contributed by atoms with Crippen LogP contribution in [0, 0.1) is 0 Å². The Hall–Kier alpha value is -0.900. The molecule has 1 aromatic heterocycles. The summed E-state index contributed by atoms with van der Waals surface area (Å²) in [4.78, 5) is 0. The van der Waals surface area contributed by atoms with Crippen molar-refractivity contribution in [3.05, 3.63) is 12.2 Å². The van der Waals surface area contributed by atoms with E-state index in [0.717, 1.165) is 18.9 Å². The van der Waals surface area contributed by atoms with Crippen LogP contribution in [0.15, 0.2) is 6.33 Å². The zero-order valence-electron chi connectivity index (χ0n) is 9.32. The van der Waals surface area contributed by atoms with Gasteiger partial charge in [0, 0.05) is 12.6 Å². The van der Waals surface area contributed by atoms with E-state index in [1.807, 2.05) is 0 Å². The molecular weight excluding hydrogens is 176 g/mol. The van der Waals surface area contributed by atoms with Crippen LogP contribution in [0.5, 0.6) is 0 Å². The molecule has 4 nitrogen and oxygen atoms in total. The predicted molar refractivity (Wildman–Crippen MR) is 56.9 cm³/mol. The Morgan fingerprint density at radius 3 is 2.93 bits per heavy atom. The van der Waals surface area contributed by atoms with Gasteiger partial charge in [0.15, 0.2) is 0 Å². The van der Waals surface area contributed by atoms with Gasteiger partial charge in [-0.15, -0.1) is 10.2 Å². The molecule has 80 valence electrons. The molecule has 14 heavy (non-hydrogen) atoms. The van der Waals surface area contributed by atoms with Crippen molar-refractivity contribution in [1.82, 2.24) is 20.1 Å². The summed E-state index contributed by atoms with van der Waals surface area (Å²) in [7, 11) is 0. The van der Waals surface area contributed by atoms with Gasteiger partial charge in [0.05, 0.1) is 6.54 Å². The van der Waals surface area contributed by atoms with E-state index in [9.17, 15) is 0 Å². The van der Waals surface area contributed by atoms with Crippen LogP contribution in [0.4, 0.5) is 0 Å². The third-order valence-electron chi connectivity index (χ3n) is 2.37. The second-order valence-corrected chi connectivity index (χ2v) is 3.60. The third kappa shape index (κ3) is 3.10. The molecule has 1 heterocycles. The Labute approximate surface area is 85.7 Å². The highest BCUT2D eigenvalue weighted by Crippen LogP contribution is 1.98. The maximum Gasteiger partial charge on any atom is 0.146 e. The van der Waals surface area contributed by atoms with Crippen LogP contribution in [0.3, 0.4) is 0 Å². The Morgan fingerprint density at radius 2 is 2.29 bits per heavy atom. The molecule has 0 saturated carbocycles. The van der Waals surface area contributed by atoms with E-state index in [-0.39, 0.29) is 0 Å². The first-order valence-corrected chi connectivity index (χ1v) is 5.38. The Balaban J connectivity index is 2.37. The molecule has 1 N–H and O–H groups in total. The number of hydrogen-bond donors (Lipinski definition) is 1. The lowest BCUT2D eigenvalue weighted by molar-refractivity contribution is 0.489. The van der Waals surface area contributed by atoms with Crippen LogP contribution in [0.2, 0.25) is 0 Å². The number of nitrogens with zero attached hydrogens (tertiary/aromatic N) is 3. The number of nitrogens with one attached hydrogen (secondary N) is 1. The van der Waals surface area contributed by atoms with E-state index >= 15 is 0 Å². The minimum Gasteiger partial charge on any atom is -0.317 e. The van der Waals surface area contributed by atoms with E-state index in [1.165, 1.54) is 12.8 Å². The molecule has 1 atom stereocenters. The van der Waals surface area contributed by atoms with Gasteiger partial charge < -0.3 is 9.88 Å². The van der Waals surface area contributed by atoms with Crippen molar-refractivity contribution in [1.29, 1.82) is 0 Å². The second-order valence-electron chi connectivity index (χ2n) is 3.60. The molecule has 0 radical (unpaired) electrons. The van der Waals surface area contributed by atoms with E-state index in [2.05, 4.69) is 40.9 Å². The normalized spacial score (nSPS) is 13.1. The Bertz CT molecular complexity index is 256. The molecule has 1 rings (SSSR count). The molecule has 0 aromatic carbocycles. The van der Waals surface area contributed by atoms with Gasteiger partial charge in [-0.3, -0.25) is 0 Å². The fourth-order valence-corrected chi connectivity index (χ4v) is 1.48. The molecular formula is C10H20N4. The van der Waals surface area contributed by atoms with Gasteiger partial charge in [-0.1, -0.05) is 13.3 Å². The summed E-state index contributed by atoms with van der Waals surface area (Å²) < 4.78 is 2.06. The molecule has 0 saturated heterocycles. The van der Waals surface area contributed by atoms with Gasteiger partial charge >= 0.3 is 0 Å². The SMILES string of the molecule is CCCC(C)NCc1nncn1CC. The molecule has 0 fully saturated rings. The summed E-state index contributed by atoms with van der Waals surface area (Å²) in [6.45, 7) is 8.26. The molecule has 0 amide bonds. The van der Waals surface area contributed by atoms with E-state index in [0.29, 0.717) is 6.04 Å². The summed E-state index contributed by atoms with van der Waals surface area (Å²) in [6.07, 6.45) is 4.20. The number of aromatic nitrogens is 3. The standard InChI is InChI=1S/C10H20N4/c1-4-6-9(3)11-7-10-13-12-8-14(10)5-2/h8-9,11H,4-7H2,1-3H3. The first kappa shape index (κ1) is 11.2. The molecule has 0 aliphatic heterocycles. The minimum atomic E-state index is 0.557. The van der Waals surface area contributed by atoms with Crippen LogP contribution in [-0.4, -0.2) is 20.8 Å². The fraction of sp³-hybridized carbons (Fsp3) is 0.800. The van der Waals surface area contributed by atoms with E-state index < -0.39 is 0 Å². The molecule has 0 spiro atoms. The fourth-order valence-electron chi connectivity index (χ4n) is 1.48. The molecule has 0 bridgehead atoms. The third-order valence-corrected chi connectivity index (χ3v) is 2.37. The topological polar surface area (TPSA) is 42.7 Å². The summed E-state index contributed by atoms with van der Waals surface area (Å²) in [5.41, 5.74) is 0. The van der Waals surface area contributed by atoms with Gasteiger partial charge in [-0.2, -0.15) is 0 Å². The monoisotopic (exact) mass is 196 g/mol. The van der Waals surface area contributed by atoms with Crippen molar-refractivity contribution in [2.45, 2.75) is 52.7 Å². The van der Waals surface area contributed by atoms with Gasteiger partial charge in [-0.25, -0.2) is 0 Å². The Morgan fingerprint density at radius 1 is 1.50 bits per heavy atom. The van der Waals surface area contributed by atoms with Crippen molar-refractivity contribution in [2.24, 2.45) is 0 Å². The molecule has 0 aliphatic carbocycles. The van der Waals surface area contributed by atoms with Crippen molar-refractivity contribution in [2.75, 3.05) is 0 Å². The van der Waals surface area contributed by atoms with E-state index in [1.54, 1.807) is 6.33 Å². The Kier molecular flexibility index (Phi) is 4.59. The van der Waals surface area contributed by atoms with Crippen LogP contribution >= 0.6 is 0 Å². The lowest BCUT2D eigenvalue weighted by Gasteiger charge is -2.12. The quantitative estimate of drug-likeness (QED) is 0.751. The molecule has 4 heteroatoms. The maximum atomic E-state index is 4.07. The van der Waals surface area contributed by atoms with Crippen molar-refractivity contribution in [3.63, 3.8) is 0 Å². The zero-order valence-corrected chi connectivity index (χ0v) is 9.32. The maximum absolute atomic E-state index is 4.07. The highest BCUT2D eigenvalue weighted by Gasteiger charge is 2.04. The highest BCUT2D eigenvalue weighted by atomic mass is 15.3. The summed E-state index contributed by atoms with van der Waals surface area (Å²) in [6, 6.07) is 0.557. The average Bonchev–Trinajstić information content (AvgIpc) is 2.62. The van der Waals surface area contributed by atoms with Crippen LogP contribution in [0.25, 0.3) is 0 Å². The van der Waals surface area contributed by atoms with Crippen LogP contribution in [-0.2, 0) is 13.1 Å². The largest absolute Gasteiger partial charge is 0.317 e. The van der Waals surface area contributed by atoms with Gasteiger partial charge in [0.1, 0.15) is 12.2 Å². The highest BCUT2D eigenvalue weighted by molar-refractivity contribution is 4.85. The molecule has 1 aromatic rings. The van der Waals surface area contributed by atoms with Crippen molar-refractivity contribution in [3.8, 4) is 0 Å². The number of aryl methyl sites for hydroxylation is 1. The average molecular weight is 196 g/mol. The van der Waals surface area contributed by atoms with Crippen molar-refractivity contribution < 1.29 is 0 Å². The number of hydrogen-bond acceptors (Lipinski definition) is 3.